The number of halogens is 1. The van der Waals surface area contributed by atoms with Gasteiger partial charge in [-0.3, -0.25) is 0 Å². The molecule has 6 rings (SSSR count). The van der Waals surface area contributed by atoms with Gasteiger partial charge in [0.05, 0.1) is 11.5 Å². The first-order valence-corrected chi connectivity index (χ1v) is 15.3. The molecule has 0 radical (unpaired) electrons. The second-order valence-corrected chi connectivity index (χ2v) is 13.3. The maximum absolute atomic E-state index is 13.6. The van der Waals surface area contributed by atoms with Crippen molar-refractivity contribution in [1.82, 2.24) is 14.1 Å². The Kier molecular flexibility index (Phi) is 6.73. The highest BCUT2D eigenvalue weighted by Gasteiger charge is 2.49. The lowest BCUT2D eigenvalue weighted by molar-refractivity contribution is 0.0237. The molecule has 3 fully saturated rings. The number of fused-ring (bicyclic) bond motifs is 4. The monoisotopic (exact) mass is 541 g/mol. The number of hydrogen-bond donors (Lipinski definition) is 0. The molecular weight excluding hydrogens is 505 g/mol. The standard InChI is InChI=1S/C29H36FN3O4S/c1-2-37-28(34)33-23-9-10-24(33)18-25(17-23)31-15-13-29(14-16-31)20-32(19-21-5-3-4-6-27(21)29)38(35,36)26-11-7-22(30)8-12-26/h3-8,11-12,23-25H,2,9-10,13-20H2,1H3. The Hall–Kier alpha value is -2.49. The van der Waals surface area contributed by atoms with E-state index in [9.17, 15) is 17.6 Å². The molecule has 0 N–H and O–H groups in total. The Morgan fingerprint density at radius 3 is 2.32 bits per heavy atom. The third-order valence-corrected chi connectivity index (χ3v) is 11.1. The lowest BCUT2D eigenvalue weighted by atomic mass is 9.69. The lowest BCUT2D eigenvalue weighted by Crippen LogP contribution is -2.57. The summed E-state index contributed by atoms with van der Waals surface area (Å²) in [6, 6.07) is 14.3. The Labute approximate surface area is 224 Å². The maximum atomic E-state index is 13.6. The summed E-state index contributed by atoms with van der Waals surface area (Å²) in [5.41, 5.74) is 2.07. The van der Waals surface area contributed by atoms with Crippen molar-refractivity contribution in [2.45, 2.75) is 80.4 Å². The number of likely N-dealkylation sites (tertiary alicyclic amines) is 1. The van der Waals surface area contributed by atoms with E-state index in [1.807, 2.05) is 24.0 Å². The highest BCUT2D eigenvalue weighted by Crippen LogP contribution is 2.45. The van der Waals surface area contributed by atoms with Gasteiger partial charge in [-0.2, -0.15) is 4.31 Å². The number of rotatable bonds is 4. The van der Waals surface area contributed by atoms with Crippen molar-refractivity contribution < 1.29 is 22.3 Å². The number of benzene rings is 2. The van der Waals surface area contributed by atoms with Gasteiger partial charge in [0.15, 0.2) is 0 Å². The number of sulfonamides is 1. The molecule has 1 amide bonds. The van der Waals surface area contributed by atoms with Gasteiger partial charge in [0.25, 0.3) is 0 Å². The normalized spacial score (nSPS) is 27.3. The highest BCUT2D eigenvalue weighted by molar-refractivity contribution is 7.89. The smallest absolute Gasteiger partial charge is 0.410 e. The van der Waals surface area contributed by atoms with E-state index in [2.05, 4.69) is 17.0 Å². The first-order chi connectivity index (χ1) is 18.3. The molecule has 7 nitrogen and oxygen atoms in total. The molecule has 2 aromatic rings. The summed E-state index contributed by atoms with van der Waals surface area (Å²) in [7, 11) is -3.75. The van der Waals surface area contributed by atoms with Crippen LogP contribution in [0.5, 0.6) is 0 Å². The Bertz CT molecular complexity index is 1280. The molecule has 9 heteroatoms. The molecule has 2 unspecified atom stereocenters. The molecule has 0 aromatic heterocycles. The molecule has 1 spiro atoms. The zero-order valence-electron chi connectivity index (χ0n) is 21.9. The van der Waals surface area contributed by atoms with Crippen molar-refractivity contribution in [2.24, 2.45) is 0 Å². The molecule has 2 atom stereocenters. The van der Waals surface area contributed by atoms with Crippen molar-refractivity contribution in [3.05, 3.63) is 65.5 Å². The SMILES string of the molecule is CCOC(=O)N1C2CCC1CC(N1CCC3(CC1)CN(S(=O)(=O)c1ccc(F)cc1)Cc1ccccc13)C2. The van der Waals surface area contributed by atoms with Gasteiger partial charge in [-0.25, -0.2) is 17.6 Å². The number of carbonyl (C=O) groups excluding carboxylic acids is 1. The average Bonchev–Trinajstić information content (AvgIpc) is 3.19. The van der Waals surface area contributed by atoms with E-state index >= 15 is 0 Å². The quantitative estimate of drug-likeness (QED) is 0.570. The van der Waals surface area contributed by atoms with Gasteiger partial charge in [0, 0.05) is 36.6 Å². The van der Waals surface area contributed by atoms with E-state index < -0.39 is 15.8 Å². The molecule has 2 aromatic carbocycles. The molecule has 2 bridgehead atoms. The summed E-state index contributed by atoms with van der Waals surface area (Å²) in [5.74, 6) is -0.446. The number of ether oxygens (including phenoxy) is 1. The molecule has 0 aliphatic carbocycles. The van der Waals surface area contributed by atoms with E-state index in [1.165, 1.54) is 29.8 Å². The summed E-state index contributed by atoms with van der Waals surface area (Å²) in [6.07, 6.45) is 5.63. The topological polar surface area (TPSA) is 70.2 Å². The minimum absolute atomic E-state index is 0.134. The van der Waals surface area contributed by atoms with Crippen LogP contribution in [0.25, 0.3) is 0 Å². The fraction of sp³-hybridized carbons (Fsp3) is 0.552. The first kappa shape index (κ1) is 25.8. The van der Waals surface area contributed by atoms with Gasteiger partial charge in [0.2, 0.25) is 10.0 Å². The maximum Gasteiger partial charge on any atom is 0.410 e. The van der Waals surface area contributed by atoms with Gasteiger partial charge in [-0.15, -0.1) is 0 Å². The van der Waals surface area contributed by atoms with Crippen molar-refractivity contribution >= 4 is 16.1 Å². The number of nitrogens with zero attached hydrogens (tertiary/aromatic N) is 3. The van der Waals surface area contributed by atoms with Crippen LogP contribution in [0, 0.1) is 5.82 Å². The summed E-state index contributed by atoms with van der Waals surface area (Å²) in [4.78, 5) is 17.2. The minimum atomic E-state index is -3.75. The predicted molar refractivity (Wildman–Crippen MR) is 142 cm³/mol. The summed E-state index contributed by atoms with van der Waals surface area (Å²) >= 11 is 0. The molecule has 204 valence electrons. The number of piperidine rings is 2. The summed E-state index contributed by atoms with van der Waals surface area (Å²) < 4.78 is 47.6. The number of amides is 1. The molecule has 0 saturated carbocycles. The van der Waals surface area contributed by atoms with Gasteiger partial charge < -0.3 is 14.5 Å². The molecule has 3 saturated heterocycles. The van der Waals surface area contributed by atoms with Crippen LogP contribution in [0.2, 0.25) is 0 Å². The van der Waals surface area contributed by atoms with Crippen LogP contribution in [-0.4, -0.2) is 73.0 Å². The van der Waals surface area contributed by atoms with Crippen LogP contribution >= 0.6 is 0 Å². The average molecular weight is 542 g/mol. The summed E-state index contributed by atoms with van der Waals surface area (Å²) in [5, 5.41) is 0. The van der Waals surface area contributed by atoms with E-state index in [4.69, 9.17) is 4.74 Å². The molecule has 38 heavy (non-hydrogen) atoms. The van der Waals surface area contributed by atoms with Crippen molar-refractivity contribution in [3.63, 3.8) is 0 Å². The van der Waals surface area contributed by atoms with Crippen molar-refractivity contribution in [3.8, 4) is 0 Å². The first-order valence-electron chi connectivity index (χ1n) is 13.8. The highest BCUT2D eigenvalue weighted by atomic mass is 32.2. The van der Waals surface area contributed by atoms with Crippen LogP contribution in [-0.2, 0) is 26.7 Å². The lowest BCUT2D eigenvalue weighted by Gasteiger charge is -2.51. The van der Waals surface area contributed by atoms with Gasteiger partial charge in [0.1, 0.15) is 5.82 Å². The number of hydrogen-bond acceptors (Lipinski definition) is 5. The third kappa shape index (κ3) is 4.42. The van der Waals surface area contributed by atoms with Crippen LogP contribution in [0.1, 0.15) is 56.6 Å². The van der Waals surface area contributed by atoms with Crippen LogP contribution in [0.3, 0.4) is 0 Å². The van der Waals surface area contributed by atoms with Crippen LogP contribution in [0.15, 0.2) is 53.4 Å². The second-order valence-electron chi connectivity index (χ2n) is 11.3. The van der Waals surface area contributed by atoms with Crippen molar-refractivity contribution in [2.75, 3.05) is 26.2 Å². The minimum Gasteiger partial charge on any atom is -0.450 e. The Balaban J connectivity index is 1.20. The van der Waals surface area contributed by atoms with Gasteiger partial charge in [-0.05, 0) is 93.9 Å². The van der Waals surface area contributed by atoms with Crippen LogP contribution in [0.4, 0.5) is 9.18 Å². The third-order valence-electron chi connectivity index (χ3n) is 9.32. The van der Waals surface area contributed by atoms with Crippen LogP contribution < -0.4 is 0 Å². The van der Waals surface area contributed by atoms with E-state index in [-0.39, 0.29) is 28.5 Å². The summed E-state index contributed by atoms with van der Waals surface area (Å²) in [6.45, 7) is 4.83. The second kappa shape index (κ2) is 9.92. The predicted octanol–water partition coefficient (Wildman–Crippen LogP) is 4.52. The Morgan fingerprint density at radius 2 is 1.66 bits per heavy atom. The molecule has 4 heterocycles. The van der Waals surface area contributed by atoms with Crippen molar-refractivity contribution in [1.29, 1.82) is 0 Å². The molecule has 4 aliphatic rings. The number of carbonyl (C=O) groups is 1. The Morgan fingerprint density at radius 1 is 1.00 bits per heavy atom. The molecular formula is C29H36FN3O4S. The van der Waals surface area contributed by atoms with E-state index in [0.717, 1.165) is 57.2 Å². The fourth-order valence-electron chi connectivity index (χ4n) is 7.46. The molecule has 4 aliphatic heterocycles. The van der Waals surface area contributed by atoms with Gasteiger partial charge in [-0.1, -0.05) is 24.3 Å². The zero-order valence-corrected chi connectivity index (χ0v) is 22.7. The fourth-order valence-corrected chi connectivity index (χ4v) is 8.96. The van der Waals surface area contributed by atoms with E-state index in [0.29, 0.717) is 25.7 Å². The van der Waals surface area contributed by atoms with Gasteiger partial charge >= 0.3 is 6.09 Å². The zero-order chi connectivity index (χ0) is 26.5. The van der Waals surface area contributed by atoms with E-state index in [1.54, 1.807) is 4.31 Å². The largest absolute Gasteiger partial charge is 0.450 e.